The highest BCUT2D eigenvalue weighted by Crippen LogP contribution is 2.19. The molecule has 6 heteroatoms. The number of urea groups is 1. The third-order valence-corrected chi connectivity index (χ3v) is 2.90. The number of nitrogens with one attached hydrogen (secondary N) is 2. The number of amides is 3. The van der Waals surface area contributed by atoms with Gasteiger partial charge in [-0.3, -0.25) is 4.79 Å². The molecule has 110 valence electrons. The molecule has 6 N–H and O–H groups in total. The molecular weight excluding hydrogens is 256 g/mol. The van der Waals surface area contributed by atoms with Crippen molar-refractivity contribution in [2.24, 2.45) is 16.9 Å². The van der Waals surface area contributed by atoms with E-state index < -0.39 is 12.1 Å². The third-order valence-electron chi connectivity index (χ3n) is 2.90. The Hall–Kier alpha value is -2.08. The van der Waals surface area contributed by atoms with Gasteiger partial charge in [0, 0.05) is 12.2 Å². The molecule has 0 saturated carbocycles. The maximum atomic E-state index is 11.9. The van der Waals surface area contributed by atoms with Crippen LogP contribution in [0.3, 0.4) is 0 Å². The van der Waals surface area contributed by atoms with Gasteiger partial charge in [0.15, 0.2) is 0 Å². The maximum Gasteiger partial charge on any atom is 0.312 e. The lowest BCUT2D eigenvalue weighted by atomic mass is 9.87. The predicted octanol–water partition coefficient (Wildman–Crippen LogP) is 1.17. The minimum Gasteiger partial charge on any atom is -0.352 e. The van der Waals surface area contributed by atoms with Crippen molar-refractivity contribution in [3.63, 3.8) is 0 Å². The van der Waals surface area contributed by atoms with Crippen molar-refractivity contribution in [3.8, 4) is 0 Å². The van der Waals surface area contributed by atoms with E-state index in [0.717, 1.165) is 5.56 Å². The van der Waals surface area contributed by atoms with Gasteiger partial charge in [0.05, 0.1) is 6.04 Å². The lowest BCUT2D eigenvalue weighted by molar-refractivity contribution is -0.119. The van der Waals surface area contributed by atoms with E-state index in [1.807, 2.05) is 20.8 Å². The molecule has 0 unspecified atom stereocenters. The zero-order chi connectivity index (χ0) is 15.3. The molecule has 1 rings (SSSR count). The Balaban J connectivity index is 2.61. The van der Waals surface area contributed by atoms with Crippen LogP contribution >= 0.6 is 0 Å². The van der Waals surface area contributed by atoms with E-state index >= 15 is 0 Å². The molecule has 3 amide bonds. The van der Waals surface area contributed by atoms with Gasteiger partial charge in [-0.25, -0.2) is 4.79 Å². The van der Waals surface area contributed by atoms with Gasteiger partial charge in [-0.1, -0.05) is 32.9 Å². The molecule has 0 aliphatic rings. The van der Waals surface area contributed by atoms with Crippen molar-refractivity contribution in [3.05, 3.63) is 29.8 Å². The summed E-state index contributed by atoms with van der Waals surface area (Å²) < 4.78 is 0. The number of rotatable bonds is 4. The van der Waals surface area contributed by atoms with Crippen LogP contribution in [0.4, 0.5) is 10.5 Å². The summed E-state index contributed by atoms with van der Waals surface area (Å²) in [5.41, 5.74) is 12.1. The Labute approximate surface area is 118 Å². The summed E-state index contributed by atoms with van der Waals surface area (Å²) in [4.78, 5) is 22.5. The average Bonchev–Trinajstić information content (AvgIpc) is 2.35. The van der Waals surface area contributed by atoms with Crippen molar-refractivity contribution in [1.82, 2.24) is 5.32 Å². The van der Waals surface area contributed by atoms with Gasteiger partial charge in [-0.05, 0) is 23.1 Å². The number of primary amides is 1. The number of carbonyl (C=O) groups is 2. The van der Waals surface area contributed by atoms with Gasteiger partial charge < -0.3 is 22.1 Å². The fourth-order valence-electron chi connectivity index (χ4n) is 1.51. The molecule has 0 saturated heterocycles. The fourth-order valence-corrected chi connectivity index (χ4v) is 1.51. The predicted molar refractivity (Wildman–Crippen MR) is 78.9 cm³/mol. The molecule has 0 bridgehead atoms. The Morgan fingerprint density at radius 3 is 2.20 bits per heavy atom. The minimum atomic E-state index is -0.585. The van der Waals surface area contributed by atoms with E-state index in [2.05, 4.69) is 10.6 Å². The Kier molecular flexibility index (Phi) is 5.10. The van der Waals surface area contributed by atoms with Crippen molar-refractivity contribution >= 4 is 17.6 Å². The third kappa shape index (κ3) is 4.89. The number of nitrogens with two attached hydrogens (primary N) is 2. The first-order chi connectivity index (χ1) is 9.20. The van der Waals surface area contributed by atoms with E-state index in [1.165, 1.54) is 0 Å². The van der Waals surface area contributed by atoms with Crippen LogP contribution in [0.2, 0.25) is 0 Å². The first-order valence-electron chi connectivity index (χ1n) is 6.39. The van der Waals surface area contributed by atoms with Crippen LogP contribution in [0.25, 0.3) is 0 Å². The molecule has 0 spiro atoms. The summed E-state index contributed by atoms with van der Waals surface area (Å²) >= 11 is 0. The SMILES string of the molecule is CC(C)(C)[C@H](N)C(=O)Nc1ccc(CNC(N)=O)cc1. The first-order valence-corrected chi connectivity index (χ1v) is 6.39. The highest BCUT2D eigenvalue weighted by molar-refractivity contribution is 5.95. The molecular formula is C14H22N4O2. The molecule has 0 radical (unpaired) electrons. The molecule has 1 atom stereocenters. The zero-order valence-corrected chi connectivity index (χ0v) is 12.1. The normalized spacial score (nSPS) is 12.6. The summed E-state index contributed by atoms with van der Waals surface area (Å²) in [7, 11) is 0. The first kappa shape index (κ1) is 16.0. The lowest BCUT2D eigenvalue weighted by Crippen LogP contribution is -2.45. The molecule has 0 aromatic heterocycles. The van der Waals surface area contributed by atoms with Crippen LogP contribution in [0.15, 0.2) is 24.3 Å². The van der Waals surface area contributed by atoms with Crippen molar-refractivity contribution in [2.75, 3.05) is 5.32 Å². The molecule has 1 aromatic rings. The van der Waals surface area contributed by atoms with Crippen molar-refractivity contribution in [2.45, 2.75) is 33.4 Å². The van der Waals surface area contributed by atoms with Crippen LogP contribution in [-0.4, -0.2) is 18.0 Å². The molecule has 20 heavy (non-hydrogen) atoms. The van der Waals surface area contributed by atoms with E-state index in [1.54, 1.807) is 24.3 Å². The minimum absolute atomic E-state index is 0.222. The molecule has 0 heterocycles. The number of hydrogen-bond acceptors (Lipinski definition) is 3. The topological polar surface area (TPSA) is 110 Å². The van der Waals surface area contributed by atoms with E-state index in [4.69, 9.17) is 11.5 Å². The van der Waals surface area contributed by atoms with Gasteiger partial charge in [0.2, 0.25) is 5.91 Å². The highest BCUT2D eigenvalue weighted by atomic mass is 16.2. The van der Waals surface area contributed by atoms with E-state index in [-0.39, 0.29) is 11.3 Å². The summed E-state index contributed by atoms with van der Waals surface area (Å²) in [5, 5.41) is 5.26. The van der Waals surface area contributed by atoms with Crippen molar-refractivity contribution in [1.29, 1.82) is 0 Å². The van der Waals surface area contributed by atoms with Gasteiger partial charge in [0.1, 0.15) is 0 Å². The highest BCUT2D eigenvalue weighted by Gasteiger charge is 2.27. The number of hydrogen-bond donors (Lipinski definition) is 4. The van der Waals surface area contributed by atoms with Crippen LogP contribution < -0.4 is 22.1 Å². The molecule has 6 nitrogen and oxygen atoms in total. The second kappa shape index (κ2) is 6.38. The van der Waals surface area contributed by atoms with Gasteiger partial charge in [-0.2, -0.15) is 0 Å². The number of carbonyl (C=O) groups excluding carboxylic acids is 2. The fraction of sp³-hybridized carbons (Fsp3) is 0.429. The maximum absolute atomic E-state index is 11.9. The van der Waals surface area contributed by atoms with Gasteiger partial charge >= 0.3 is 6.03 Å². The second-order valence-electron chi connectivity index (χ2n) is 5.75. The average molecular weight is 278 g/mol. The Morgan fingerprint density at radius 1 is 1.20 bits per heavy atom. The quantitative estimate of drug-likeness (QED) is 0.663. The molecule has 0 aliphatic heterocycles. The lowest BCUT2D eigenvalue weighted by Gasteiger charge is -2.25. The summed E-state index contributed by atoms with van der Waals surface area (Å²) in [6, 6.07) is 5.95. The standard InChI is InChI=1S/C14H22N4O2/c1-14(2,3)11(15)12(19)18-10-6-4-9(5-7-10)8-17-13(16)20/h4-7,11H,8,15H2,1-3H3,(H,18,19)(H3,16,17,20)/t11-/m1/s1. The van der Waals surface area contributed by atoms with E-state index in [0.29, 0.717) is 12.2 Å². The molecule has 1 aromatic carbocycles. The number of benzene rings is 1. The Bertz CT molecular complexity index is 477. The monoisotopic (exact) mass is 278 g/mol. The largest absolute Gasteiger partial charge is 0.352 e. The van der Waals surface area contributed by atoms with Crippen LogP contribution in [-0.2, 0) is 11.3 Å². The molecule has 0 fully saturated rings. The zero-order valence-electron chi connectivity index (χ0n) is 12.1. The summed E-state index contributed by atoms with van der Waals surface area (Å²) in [6.45, 7) is 6.09. The molecule has 0 aliphatic carbocycles. The van der Waals surface area contributed by atoms with Gasteiger partial charge in [-0.15, -0.1) is 0 Å². The van der Waals surface area contributed by atoms with Crippen molar-refractivity contribution < 1.29 is 9.59 Å². The number of anilines is 1. The Morgan fingerprint density at radius 2 is 1.75 bits per heavy atom. The smallest absolute Gasteiger partial charge is 0.312 e. The van der Waals surface area contributed by atoms with E-state index in [9.17, 15) is 9.59 Å². The van der Waals surface area contributed by atoms with Crippen LogP contribution in [0.5, 0.6) is 0 Å². The second-order valence-corrected chi connectivity index (χ2v) is 5.75. The summed E-state index contributed by atoms with van der Waals surface area (Å²) in [5.74, 6) is -0.222. The summed E-state index contributed by atoms with van der Waals surface area (Å²) in [6.07, 6.45) is 0. The van der Waals surface area contributed by atoms with Crippen LogP contribution in [0, 0.1) is 5.41 Å². The van der Waals surface area contributed by atoms with Gasteiger partial charge in [0.25, 0.3) is 0 Å². The van der Waals surface area contributed by atoms with Crippen LogP contribution in [0.1, 0.15) is 26.3 Å².